The van der Waals surface area contributed by atoms with Gasteiger partial charge in [-0.3, -0.25) is 0 Å². The molecule has 2 aromatic heterocycles. The molecule has 17 heavy (non-hydrogen) atoms. The van der Waals surface area contributed by atoms with E-state index >= 15 is 0 Å². The van der Waals surface area contributed by atoms with Crippen LogP contribution in [0.5, 0.6) is 0 Å². The molecule has 0 amide bonds. The maximum Gasteiger partial charge on any atom is 0.180 e. The molecule has 0 fully saturated rings. The molecule has 0 aromatic carbocycles. The van der Waals surface area contributed by atoms with Crippen LogP contribution >= 0.6 is 15.9 Å². The van der Waals surface area contributed by atoms with Crippen LogP contribution in [0.15, 0.2) is 23.2 Å². The Morgan fingerprint density at radius 3 is 2.76 bits per heavy atom. The van der Waals surface area contributed by atoms with E-state index in [0.717, 1.165) is 28.9 Å². The molecule has 2 rings (SSSR count). The molecular formula is C12H17BrN4. The van der Waals surface area contributed by atoms with Crippen molar-refractivity contribution in [3.63, 3.8) is 0 Å². The quantitative estimate of drug-likeness (QED) is 0.869. The van der Waals surface area contributed by atoms with Crippen LogP contribution < -0.4 is 4.90 Å². The van der Waals surface area contributed by atoms with E-state index in [9.17, 15) is 0 Å². The summed E-state index contributed by atoms with van der Waals surface area (Å²) in [6, 6.07) is 0.498. The second-order valence-electron chi connectivity index (χ2n) is 4.13. The Morgan fingerprint density at radius 1 is 1.41 bits per heavy atom. The third kappa shape index (κ3) is 2.29. The highest BCUT2D eigenvalue weighted by atomic mass is 79.9. The Balaban J connectivity index is 2.49. The Kier molecular flexibility index (Phi) is 3.66. The number of fused-ring (bicyclic) bond motifs is 1. The van der Waals surface area contributed by atoms with Gasteiger partial charge in [0.25, 0.3) is 0 Å². The number of hydrogen-bond donors (Lipinski definition) is 0. The van der Waals surface area contributed by atoms with Crippen LogP contribution in [0.1, 0.15) is 26.7 Å². The first-order valence-corrected chi connectivity index (χ1v) is 6.68. The molecule has 0 aliphatic carbocycles. The van der Waals surface area contributed by atoms with E-state index in [0.29, 0.717) is 6.04 Å². The number of nitrogens with zero attached hydrogens (tertiary/aromatic N) is 4. The zero-order chi connectivity index (χ0) is 12.4. The van der Waals surface area contributed by atoms with Crippen LogP contribution in [0.2, 0.25) is 0 Å². The van der Waals surface area contributed by atoms with Crippen molar-refractivity contribution in [1.82, 2.24) is 14.4 Å². The van der Waals surface area contributed by atoms with E-state index in [1.165, 1.54) is 0 Å². The van der Waals surface area contributed by atoms with Gasteiger partial charge >= 0.3 is 0 Å². The maximum absolute atomic E-state index is 4.55. The van der Waals surface area contributed by atoms with Gasteiger partial charge in [-0.2, -0.15) is 0 Å². The van der Waals surface area contributed by atoms with E-state index in [2.05, 4.69) is 51.7 Å². The van der Waals surface area contributed by atoms with Gasteiger partial charge in [0.05, 0.1) is 0 Å². The lowest BCUT2D eigenvalue weighted by Crippen LogP contribution is -2.31. The molecule has 2 aromatic rings. The number of anilines is 1. The van der Waals surface area contributed by atoms with Gasteiger partial charge in [-0.05, 0) is 28.8 Å². The summed E-state index contributed by atoms with van der Waals surface area (Å²) < 4.78 is 2.82. The second-order valence-corrected chi connectivity index (χ2v) is 4.94. The van der Waals surface area contributed by atoms with Crippen molar-refractivity contribution in [2.75, 3.05) is 11.9 Å². The van der Waals surface area contributed by atoms with Gasteiger partial charge < -0.3 is 9.30 Å². The van der Waals surface area contributed by atoms with Crippen molar-refractivity contribution < 1.29 is 0 Å². The lowest BCUT2D eigenvalue weighted by molar-refractivity contribution is 0.586. The fourth-order valence-electron chi connectivity index (χ4n) is 2.13. The van der Waals surface area contributed by atoms with Gasteiger partial charge in [0.1, 0.15) is 4.60 Å². The smallest absolute Gasteiger partial charge is 0.180 e. The van der Waals surface area contributed by atoms with Crippen molar-refractivity contribution in [2.45, 2.75) is 32.7 Å². The first-order chi connectivity index (χ1) is 8.17. The minimum Gasteiger partial charge on any atom is -0.354 e. The highest BCUT2D eigenvalue weighted by molar-refractivity contribution is 9.10. The molecule has 0 bridgehead atoms. The molecule has 0 unspecified atom stereocenters. The van der Waals surface area contributed by atoms with Crippen molar-refractivity contribution in [3.8, 4) is 0 Å². The largest absolute Gasteiger partial charge is 0.354 e. The Hall–Kier alpha value is -1.10. The van der Waals surface area contributed by atoms with Crippen LogP contribution in [-0.4, -0.2) is 27.5 Å². The molecule has 0 aliphatic heterocycles. The molecule has 0 spiro atoms. The number of aromatic nitrogens is 3. The Bertz CT molecular complexity index is 504. The molecule has 0 atom stereocenters. The Labute approximate surface area is 110 Å². The third-order valence-electron chi connectivity index (χ3n) is 3.15. The van der Waals surface area contributed by atoms with Crippen LogP contribution in [0.3, 0.4) is 0 Å². The summed E-state index contributed by atoms with van der Waals surface area (Å²) in [6.45, 7) is 4.40. The van der Waals surface area contributed by atoms with Gasteiger partial charge in [0.15, 0.2) is 11.5 Å². The minimum absolute atomic E-state index is 0.498. The predicted molar refractivity (Wildman–Crippen MR) is 73.5 cm³/mol. The zero-order valence-electron chi connectivity index (χ0n) is 10.4. The molecule has 2 heterocycles. The summed E-state index contributed by atoms with van der Waals surface area (Å²) in [4.78, 5) is 11.1. The maximum atomic E-state index is 4.55. The Morgan fingerprint density at radius 2 is 2.12 bits per heavy atom. The number of imidazole rings is 1. The molecule has 5 heteroatoms. The minimum atomic E-state index is 0.498. The molecule has 4 nitrogen and oxygen atoms in total. The molecule has 0 N–H and O–H groups in total. The van der Waals surface area contributed by atoms with Crippen molar-refractivity contribution in [2.24, 2.45) is 0 Å². The zero-order valence-corrected chi connectivity index (χ0v) is 12.0. The first kappa shape index (κ1) is 12.4. The van der Waals surface area contributed by atoms with Gasteiger partial charge in [0, 0.05) is 31.7 Å². The van der Waals surface area contributed by atoms with Crippen molar-refractivity contribution >= 4 is 27.4 Å². The number of hydrogen-bond acceptors (Lipinski definition) is 3. The van der Waals surface area contributed by atoms with Gasteiger partial charge in [-0.25, -0.2) is 9.97 Å². The lowest BCUT2D eigenvalue weighted by Gasteiger charge is -2.27. The van der Waals surface area contributed by atoms with E-state index in [1.807, 2.05) is 16.8 Å². The van der Waals surface area contributed by atoms with Crippen LogP contribution in [0.4, 0.5) is 5.82 Å². The standard InChI is InChI=1S/C12H17BrN4/c1-4-9(5-2)16(3)12-11-14-6-7-17(11)8-10(13)15-12/h6-9H,4-5H2,1-3H3. The van der Waals surface area contributed by atoms with Gasteiger partial charge in [0.2, 0.25) is 0 Å². The average Bonchev–Trinajstić information content (AvgIpc) is 2.77. The average molecular weight is 297 g/mol. The van der Waals surface area contributed by atoms with Crippen LogP contribution in [-0.2, 0) is 0 Å². The highest BCUT2D eigenvalue weighted by Gasteiger charge is 2.16. The number of rotatable bonds is 4. The SMILES string of the molecule is CCC(CC)N(C)c1nc(Br)cn2ccnc12. The molecule has 92 valence electrons. The predicted octanol–water partition coefficient (Wildman–Crippen LogP) is 3.12. The summed E-state index contributed by atoms with van der Waals surface area (Å²) in [6.07, 6.45) is 7.87. The van der Waals surface area contributed by atoms with Crippen molar-refractivity contribution in [3.05, 3.63) is 23.2 Å². The topological polar surface area (TPSA) is 33.4 Å². The molecule has 0 saturated carbocycles. The normalized spacial score (nSPS) is 11.4. The molecule has 0 aliphatic rings. The third-order valence-corrected chi connectivity index (χ3v) is 3.53. The summed E-state index contributed by atoms with van der Waals surface area (Å²) in [5.74, 6) is 0.929. The highest BCUT2D eigenvalue weighted by Crippen LogP contribution is 2.23. The fraction of sp³-hybridized carbons (Fsp3) is 0.500. The summed E-state index contributed by atoms with van der Waals surface area (Å²) in [5, 5.41) is 0. The lowest BCUT2D eigenvalue weighted by atomic mass is 10.1. The van der Waals surface area contributed by atoms with E-state index < -0.39 is 0 Å². The summed E-state index contributed by atoms with van der Waals surface area (Å²) in [7, 11) is 2.08. The summed E-state index contributed by atoms with van der Waals surface area (Å²) >= 11 is 3.44. The second kappa shape index (κ2) is 5.04. The van der Waals surface area contributed by atoms with E-state index in [1.54, 1.807) is 6.20 Å². The van der Waals surface area contributed by atoms with Crippen LogP contribution in [0, 0.1) is 0 Å². The van der Waals surface area contributed by atoms with E-state index in [4.69, 9.17) is 0 Å². The van der Waals surface area contributed by atoms with Crippen LogP contribution in [0.25, 0.3) is 5.65 Å². The molecule has 0 saturated heterocycles. The number of halogens is 1. The fourth-order valence-corrected chi connectivity index (χ4v) is 2.52. The monoisotopic (exact) mass is 296 g/mol. The van der Waals surface area contributed by atoms with E-state index in [-0.39, 0.29) is 0 Å². The summed E-state index contributed by atoms with van der Waals surface area (Å²) in [5.41, 5.74) is 0.905. The van der Waals surface area contributed by atoms with Crippen molar-refractivity contribution in [1.29, 1.82) is 0 Å². The molecular weight excluding hydrogens is 280 g/mol. The first-order valence-electron chi connectivity index (χ1n) is 5.89. The van der Waals surface area contributed by atoms with Gasteiger partial charge in [-0.1, -0.05) is 13.8 Å². The van der Waals surface area contributed by atoms with Gasteiger partial charge in [-0.15, -0.1) is 0 Å². The molecule has 0 radical (unpaired) electrons.